The molecule has 1 aromatic carbocycles. The molecule has 0 unspecified atom stereocenters. The van der Waals surface area contributed by atoms with Crippen molar-refractivity contribution in [1.82, 2.24) is 10.0 Å². The van der Waals surface area contributed by atoms with Crippen molar-refractivity contribution in [2.45, 2.75) is 26.7 Å². The molecule has 8 heteroatoms. The summed E-state index contributed by atoms with van der Waals surface area (Å²) in [5, 5.41) is 4.57. The van der Waals surface area contributed by atoms with Crippen LogP contribution >= 0.6 is 15.9 Å². The Labute approximate surface area is 173 Å². The number of pyridine rings is 1. The van der Waals surface area contributed by atoms with Crippen LogP contribution in [0.25, 0.3) is 0 Å². The number of esters is 1. The molecule has 0 bridgehead atoms. The molecule has 0 aliphatic heterocycles. The van der Waals surface area contributed by atoms with Crippen LogP contribution in [0.3, 0.4) is 0 Å². The molecule has 0 fully saturated rings. The molecule has 1 amide bonds. The molecule has 0 atom stereocenters. The lowest BCUT2D eigenvalue weighted by atomic mass is 10.1. The van der Waals surface area contributed by atoms with E-state index in [-0.39, 0.29) is 11.5 Å². The molecule has 150 valence electrons. The molecule has 2 aromatic rings. The van der Waals surface area contributed by atoms with Gasteiger partial charge in [0.05, 0.1) is 23.9 Å². The predicted octanol–water partition coefficient (Wildman–Crippen LogP) is 4.30. The first-order valence-corrected chi connectivity index (χ1v) is 9.86. The lowest BCUT2D eigenvalue weighted by molar-refractivity contribution is -0.0621. The molecule has 1 aromatic heterocycles. The second kappa shape index (κ2) is 10.8. The van der Waals surface area contributed by atoms with Gasteiger partial charge in [0.2, 0.25) is 5.88 Å². The van der Waals surface area contributed by atoms with Gasteiger partial charge in [0.25, 0.3) is 5.91 Å². The number of benzene rings is 1. The second-order valence-corrected chi connectivity index (χ2v) is 6.96. The van der Waals surface area contributed by atoms with Crippen molar-refractivity contribution in [2.24, 2.45) is 0 Å². The van der Waals surface area contributed by atoms with E-state index in [0.717, 1.165) is 25.9 Å². The van der Waals surface area contributed by atoms with Gasteiger partial charge >= 0.3 is 5.97 Å². The van der Waals surface area contributed by atoms with Crippen molar-refractivity contribution in [3.05, 3.63) is 52.1 Å². The topological polar surface area (TPSA) is 80.8 Å². The van der Waals surface area contributed by atoms with Crippen LogP contribution in [0.4, 0.5) is 5.69 Å². The fourth-order valence-electron chi connectivity index (χ4n) is 2.50. The van der Waals surface area contributed by atoms with E-state index in [2.05, 4.69) is 40.1 Å². The van der Waals surface area contributed by atoms with Gasteiger partial charge in [0.1, 0.15) is 0 Å². The third kappa shape index (κ3) is 6.03. The largest absolute Gasteiger partial charge is 0.465 e. The van der Waals surface area contributed by atoms with E-state index in [9.17, 15) is 9.59 Å². The van der Waals surface area contributed by atoms with Crippen molar-refractivity contribution in [2.75, 3.05) is 25.5 Å². The fourth-order valence-corrected chi connectivity index (χ4v) is 2.86. The highest BCUT2D eigenvalue weighted by Crippen LogP contribution is 2.23. The van der Waals surface area contributed by atoms with E-state index >= 15 is 0 Å². The summed E-state index contributed by atoms with van der Waals surface area (Å²) < 4.78 is 5.47. The van der Waals surface area contributed by atoms with Crippen molar-refractivity contribution < 1.29 is 19.2 Å². The normalized spacial score (nSPS) is 10.6. The Morgan fingerprint density at radius 3 is 2.43 bits per heavy atom. The molecule has 0 radical (unpaired) electrons. The number of aromatic nitrogens is 1. The van der Waals surface area contributed by atoms with E-state index in [1.807, 2.05) is 5.06 Å². The Bertz CT molecular complexity index is 806. The summed E-state index contributed by atoms with van der Waals surface area (Å²) in [6.45, 7) is 5.77. The van der Waals surface area contributed by atoms with Gasteiger partial charge in [-0.1, -0.05) is 29.8 Å². The van der Waals surface area contributed by atoms with Crippen LogP contribution in [0.15, 0.2) is 41.0 Å². The average Bonchev–Trinajstić information content (AvgIpc) is 2.69. The maximum absolute atomic E-state index is 12.5. The Morgan fingerprint density at radius 1 is 1.14 bits per heavy atom. The van der Waals surface area contributed by atoms with Gasteiger partial charge in [0.15, 0.2) is 0 Å². The highest BCUT2D eigenvalue weighted by atomic mass is 79.9. The maximum Gasteiger partial charge on any atom is 0.340 e. The molecule has 0 saturated heterocycles. The summed E-state index contributed by atoms with van der Waals surface area (Å²) in [7, 11) is 1.29. The van der Waals surface area contributed by atoms with Crippen LogP contribution in [0.5, 0.6) is 5.88 Å². The summed E-state index contributed by atoms with van der Waals surface area (Å²) in [4.78, 5) is 34.4. The van der Waals surface area contributed by atoms with Gasteiger partial charge in [-0.05, 0) is 37.1 Å². The molecule has 7 nitrogen and oxygen atoms in total. The third-order valence-electron chi connectivity index (χ3n) is 3.80. The minimum absolute atomic E-state index is 0.257. The Balaban J connectivity index is 2.10. The summed E-state index contributed by atoms with van der Waals surface area (Å²) >= 11 is 3.31. The lowest BCUT2D eigenvalue weighted by Gasteiger charge is -2.20. The number of hydroxylamine groups is 2. The first-order chi connectivity index (χ1) is 13.5. The first kappa shape index (κ1) is 21.8. The molecule has 0 spiro atoms. The molecule has 0 aliphatic carbocycles. The molecule has 0 saturated carbocycles. The van der Waals surface area contributed by atoms with E-state index in [0.29, 0.717) is 21.6 Å². The maximum atomic E-state index is 12.5. The number of hydrogen-bond acceptors (Lipinski definition) is 6. The summed E-state index contributed by atoms with van der Waals surface area (Å²) in [6, 6.07) is 8.23. The third-order valence-corrected chi connectivity index (χ3v) is 4.30. The monoisotopic (exact) mass is 449 g/mol. The smallest absolute Gasteiger partial charge is 0.340 e. The molecule has 1 heterocycles. The fraction of sp³-hybridized carbons (Fsp3) is 0.350. The minimum atomic E-state index is -0.537. The van der Waals surface area contributed by atoms with Crippen LogP contribution in [-0.4, -0.2) is 42.1 Å². The molecular weight excluding hydrogens is 426 g/mol. The Hall–Kier alpha value is -2.45. The Morgan fingerprint density at radius 2 is 1.86 bits per heavy atom. The van der Waals surface area contributed by atoms with Crippen LogP contribution in [0, 0.1) is 0 Å². The second-order valence-electron chi connectivity index (χ2n) is 6.04. The van der Waals surface area contributed by atoms with Gasteiger partial charge < -0.3 is 14.9 Å². The minimum Gasteiger partial charge on any atom is -0.465 e. The zero-order chi connectivity index (χ0) is 20.5. The van der Waals surface area contributed by atoms with Crippen molar-refractivity contribution >= 4 is 33.5 Å². The average molecular weight is 450 g/mol. The van der Waals surface area contributed by atoms with Crippen molar-refractivity contribution in [3.8, 4) is 5.88 Å². The zero-order valence-electron chi connectivity index (χ0n) is 16.2. The first-order valence-electron chi connectivity index (χ1n) is 9.06. The summed E-state index contributed by atoms with van der Waals surface area (Å²) in [5.41, 5.74) is 0.967. The van der Waals surface area contributed by atoms with Crippen molar-refractivity contribution in [3.63, 3.8) is 0 Å². The van der Waals surface area contributed by atoms with Gasteiger partial charge in [-0.15, -0.1) is 5.06 Å². The number of nitrogens with one attached hydrogen (secondary N) is 1. The quantitative estimate of drug-likeness (QED) is 0.453. The number of anilines is 1. The van der Waals surface area contributed by atoms with E-state index in [1.54, 1.807) is 30.3 Å². The number of methoxy groups -OCH3 is 1. The highest BCUT2D eigenvalue weighted by Gasteiger charge is 2.16. The zero-order valence-corrected chi connectivity index (χ0v) is 17.8. The predicted molar refractivity (Wildman–Crippen MR) is 110 cm³/mol. The van der Waals surface area contributed by atoms with Crippen LogP contribution in [-0.2, 0) is 4.74 Å². The van der Waals surface area contributed by atoms with Crippen molar-refractivity contribution in [1.29, 1.82) is 0 Å². The number of ether oxygens (including phenoxy) is 1. The van der Waals surface area contributed by atoms with Crippen LogP contribution < -0.4 is 10.2 Å². The van der Waals surface area contributed by atoms with Crippen LogP contribution in [0.1, 0.15) is 47.4 Å². The van der Waals surface area contributed by atoms with Gasteiger partial charge in [-0.25, -0.2) is 9.78 Å². The number of halogens is 1. The number of carbonyl (C=O) groups is 2. The van der Waals surface area contributed by atoms with Gasteiger partial charge in [0, 0.05) is 29.8 Å². The van der Waals surface area contributed by atoms with E-state index < -0.39 is 5.97 Å². The number of rotatable bonds is 9. The Kier molecular flexibility index (Phi) is 8.41. The standard InChI is InChI=1S/C20H24BrN3O4/c1-4-10-24(11-5-2)28-18-9-6-14(13-22-18)19(25)23-17-8-7-15(21)12-16(17)20(26)27-3/h6-9,12-13H,4-5,10-11H2,1-3H3,(H,23,25). The lowest BCUT2D eigenvalue weighted by Crippen LogP contribution is -2.29. The summed E-state index contributed by atoms with van der Waals surface area (Å²) in [6.07, 6.45) is 3.38. The van der Waals surface area contributed by atoms with Gasteiger partial charge in [-0.2, -0.15) is 0 Å². The van der Waals surface area contributed by atoms with Gasteiger partial charge in [-0.3, -0.25) is 4.79 Å². The number of amides is 1. The molecular formula is C20H24BrN3O4. The number of hydrogen-bond donors (Lipinski definition) is 1. The number of carbonyl (C=O) groups excluding carboxylic acids is 2. The molecule has 0 aliphatic rings. The van der Waals surface area contributed by atoms with Crippen LogP contribution in [0.2, 0.25) is 0 Å². The SMILES string of the molecule is CCCN(CCC)Oc1ccc(C(=O)Nc2ccc(Br)cc2C(=O)OC)cn1. The molecule has 1 N–H and O–H groups in total. The van der Waals surface area contributed by atoms with E-state index in [1.165, 1.54) is 13.3 Å². The van der Waals surface area contributed by atoms with E-state index in [4.69, 9.17) is 9.57 Å². The number of nitrogens with zero attached hydrogens (tertiary/aromatic N) is 2. The summed E-state index contributed by atoms with van der Waals surface area (Å²) in [5.74, 6) is -0.492. The molecule has 28 heavy (non-hydrogen) atoms. The molecule has 2 rings (SSSR count). The highest BCUT2D eigenvalue weighted by molar-refractivity contribution is 9.10.